The maximum absolute atomic E-state index is 3.40. The first-order chi connectivity index (χ1) is 4.97. The van der Waals surface area contributed by atoms with Gasteiger partial charge in [0.2, 0.25) is 0 Å². The van der Waals surface area contributed by atoms with Crippen LogP contribution in [0.1, 0.15) is 6.42 Å². The van der Waals surface area contributed by atoms with E-state index in [4.69, 9.17) is 0 Å². The van der Waals surface area contributed by atoms with Gasteiger partial charge >= 0.3 is 0 Å². The second-order valence-corrected chi connectivity index (χ2v) is 3.10. The SMILES string of the molecule is C1=C2CNCC2CCNC1. The van der Waals surface area contributed by atoms with Crippen molar-refractivity contribution in [2.24, 2.45) is 5.92 Å². The van der Waals surface area contributed by atoms with Crippen molar-refractivity contribution < 1.29 is 0 Å². The van der Waals surface area contributed by atoms with Crippen LogP contribution in [0.15, 0.2) is 11.6 Å². The summed E-state index contributed by atoms with van der Waals surface area (Å²) in [6, 6.07) is 0. The highest BCUT2D eigenvalue weighted by Gasteiger charge is 2.20. The fraction of sp³-hybridized carbons (Fsp3) is 0.750. The van der Waals surface area contributed by atoms with Crippen molar-refractivity contribution in [1.82, 2.24) is 10.6 Å². The molecule has 1 unspecified atom stereocenters. The van der Waals surface area contributed by atoms with Gasteiger partial charge < -0.3 is 10.6 Å². The zero-order valence-electron chi connectivity index (χ0n) is 6.19. The Hall–Kier alpha value is -0.340. The summed E-state index contributed by atoms with van der Waals surface area (Å²) in [4.78, 5) is 0. The van der Waals surface area contributed by atoms with Gasteiger partial charge in [0.05, 0.1) is 0 Å². The summed E-state index contributed by atoms with van der Waals surface area (Å²) in [5.74, 6) is 0.843. The van der Waals surface area contributed by atoms with Gasteiger partial charge in [-0.15, -0.1) is 0 Å². The lowest BCUT2D eigenvalue weighted by molar-refractivity contribution is 0.577. The molecule has 56 valence electrons. The first-order valence-electron chi connectivity index (χ1n) is 4.07. The van der Waals surface area contributed by atoms with Gasteiger partial charge in [-0.2, -0.15) is 0 Å². The van der Waals surface area contributed by atoms with Crippen LogP contribution in [0.25, 0.3) is 0 Å². The molecule has 1 atom stereocenters. The topological polar surface area (TPSA) is 24.1 Å². The van der Waals surface area contributed by atoms with Gasteiger partial charge in [-0.1, -0.05) is 11.6 Å². The van der Waals surface area contributed by atoms with Gasteiger partial charge in [-0.05, 0) is 18.9 Å². The Bertz CT molecular complexity index is 151. The van der Waals surface area contributed by atoms with E-state index >= 15 is 0 Å². The summed E-state index contributed by atoms with van der Waals surface area (Å²) in [6.45, 7) is 4.60. The molecule has 2 aliphatic heterocycles. The molecular weight excluding hydrogens is 124 g/mol. The molecular formula is C8H14N2. The average molecular weight is 138 g/mol. The molecule has 0 bridgehead atoms. The Kier molecular flexibility index (Phi) is 1.74. The lowest BCUT2D eigenvalue weighted by Gasteiger charge is -2.05. The molecule has 0 aromatic rings. The molecule has 2 N–H and O–H groups in total. The average Bonchev–Trinajstić information content (AvgIpc) is 2.28. The molecule has 0 aromatic carbocycles. The van der Waals surface area contributed by atoms with E-state index in [-0.39, 0.29) is 0 Å². The van der Waals surface area contributed by atoms with Gasteiger partial charge in [0.15, 0.2) is 0 Å². The lowest BCUT2D eigenvalue weighted by Crippen LogP contribution is -2.17. The van der Waals surface area contributed by atoms with E-state index in [1.165, 1.54) is 19.5 Å². The summed E-state index contributed by atoms with van der Waals surface area (Å²) >= 11 is 0. The Morgan fingerprint density at radius 1 is 1.40 bits per heavy atom. The number of fused-ring (bicyclic) bond motifs is 1. The highest BCUT2D eigenvalue weighted by molar-refractivity contribution is 5.15. The molecule has 0 amide bonds. The Morgan fingerprint density at radius 3 is 3.40 bits per heavy atom. The molecule has 0 spiro atoms. The standard InChI is InChI=1S/C8H14N2/c1-3-9-4-2-8-6-10-5-7(1)8/h1,8-10H,2-6H2. The lowest BCUT2D eigenvalue weighted by atomic mass is 10.0. The van der Waals surface area contributed by atoms with Crippen LogP contribution >= 0.6 is 0 Å². The van der Waals surface area contributed by atoms with Gasteiger partial charge in [-0.25, -0.2) is 0 Å². The maximum Gasteiger partial charge on any atom is 0.0168 e. The smallest absolute Gasteiger partial charge is 0.0168 e. The van der Waals surface area contributed by atoms with Gasteiger partial charge in [0, 0.05) is 19.6 Å². The summed E-state index contributed by atoms with van der Waals surface area (Å²) in [7, 11) is 0. The molecule has 0 aliphatic carbocycles. The van der Waals surface area contributed by atoms with E-state index in [1.807, 2.05) is 0 Å². The second kappa shape index (κ2) is 2.72. The third kappa shape index (κ3) is 1.09. The van der Waals surface area contributed by atoms with E-state index in [2.05, 4.69) is 16.7 Å². The fourth-order valence-corrected chi connectivity index (χ4v) is 1.77. The molecule has 2 heterocycles. The van der Waals surface area contributed by atoms with Crippen LogP contribution in [0.5, 0.6) is 0 Å². The molecule has 0 radical (unpaired) electrons. The molecule has 1 fully saturated rings. The predicted octanol–water partition coefficient (Wildman–Crippen LogP) is 0.125. The van der Waals surface area contributed by atoms with E-state index < -0.39 is 0 Å². The Morgan fingerprint density at radius 2 is 2.40 bits per heavy atom. The third-order valence-electron chi connectivity index (χ3n) is 2.42. The van der Waals surface area contributed by atoms with E-state index in [1.54, 1.807) is 5.57 Å². The number of nitrogens with one attached hydrogen (secondary N) is 2. The van der Waals surface area contributed by atoms with Crippen molar-refractivity contribution in [3.8, 4) is 0 Å². The van der Waals surface area contributed by atoms with Crippen LogP contribution in [0, 0.1) is 5.92 Å². The van der Waals surface area contributed by atoms with Crippen molar-refractivity contribution in [3.05, 3.63) is 11.6 Å². The summed E-state index contributed by atoms with van der Waals surface area (Å²) < 4.78 is 0. The number of hydrogen-bond acceptors (Lipinski definition) is 2. The van der Waals surface area contributed by atoms with Gasteiger partial charge in [0.1, 0.15) is 0 Å². The third-order valence-corrected chi connectivity index (χ3v) is 2.42. The summed E-state index contributed by atoms with van der Waals surface area (Å²) in [5.41, 5.74) is 1.63. The minimum atomic E-state index is 0.843. The second-order valence-electron chi connectivity index (χ2n) is 3.10. The Balaban J connectivity index is 2.10. The molecule has 0 saturated carbocycles. The quantitative estimate of drug-likeness (QED) is 0.465. The highest BCUT2D eigenvalue weighted by Crippen LogP contribution is 2.19. The van der Waals surface area contributed by atoms with Crippen molar-refractivity contribution in [2.75, 3.05) is 26.2 Å². The van der Waals surface area contributed by atoms with Crippen molar-refractivity contribution in [3.63, 3.8) is 0 Å². The first kappa shape index (κ1) is 6.38. The van der Waals surface area contributed by atoms with Crippen molar-refractivity contribution in [2.45, 2.75) is 6.42 Å². The number of hydrogen-bond donors (Lipinski definition) is 2. The van der Waals surface area contributed by atoms with Crippen LogP contribution in [0.3, 0.4) is 0 Å². The first-order valence-corrected chi connectivity index (χ1v) is 4.07. The zero-order chi connectivity index (χ0) is 6.81. The monoisotopic (exact) mass is 138 g/mol. The molecule has 0 aromatic heterocycles. The maximum atomic E-state index is 3.40. The number of rotatable bonds is 0. The van der Waals surface area contributed by atoms with Crippen LogP contribution < -0.4 is 10.6 Å². The largest absolute Gasteiger partial charge is 0.313 e. The molecule has 2 heteroatoms. The molecule has 10 heavy (non-hydrogen) atoms. The molecule has 1 saturated heterocycles. The minimum absolute atomic E-state index is 0.843. The zero-order valence-corrected chi connectivity index (χ0v) is 6.19. The summed E-state index contributed by atoms with van der Waals surface area (Å²) in [5, 5.41) is 6.77. The molecule has 2 nitrogen and oxygen atoms in total. The van der Waals surface area contributed by atoms with Crippen molar-refractivity contribution >= 4 is 0 Å². The van der Waals surface area contributed by atoms with Crippen LogP contribution in [-0.2, 0) is 0 Å². The van der Waals surface area contributed by atoms with Crippen LogP contribution in [0.2, 0.25) is 0 Å². The Labute approximate surface area is 61.7 Å². The van der Waals surface area contributed by atoms with E-state index in [0.717, 1.165) is 19.0 Å². The highest BCUT2D eigenvalue weighted by atomic mass is 14.9. The van der Waals surface area contributed by atoms with Crippen LogP contribution in [-0.4, -0.2) is 26.2 Å². The van der Waals surface area contributed by atoms with Gasteiger partial charge in [0.25, 0.3) is 0 Å². The normalized spacial score (nSPS) is 32.8. The van der Waals surface area contributed by atoms with Gasteiger partial charge in [-0.3, -0.25) is 0 Å². The fourth-order valence-electron chi connectivity index (χ4n) is 1.77. The molecule has 2 rings (SSSR count). The van der Waals surface area contributed by atoms with Crippen molar-refractivity contribution in [1.29, 1.82) is 0 Å². The minimum Gasteiger partial charge on any atom is -0.313 e. The van der Waals surface area contributed by atoms with Crippen LogP contribution in [0.4, 0.5) is 0 Å². The summed E-state index contributed by atoms with van der Waals surface area (Å²) in [6.07, 6.45) is 3.66. The predicted molar refractivity (Wildman–Crippen MR) is 41.9 cm³/mol. The van der Waals surface area contributed by atoms with E-state index in [0.29, 0.717) is 0 Å². The van der Waals surface area contributed by atoms with E-state index in [9.17, 15) is 0 Å². The molecule has 2 aliphatic rings.